The number of halogens is 1. The van der Waals surface area contributed by atoms with Crippen molar-refractivity contribution in [2.75, 3.05) is 11.9 Å². The van der Waals surface area contributed by atoms with E-state index in [2.05, 4.69) is 5.32 Å². The average molecular weight is 416 g/mol. The third-order valence-electron chi connectivity index (χ3n) is 4.63. The van der Waals surface area contributed by atoms with Gasteiger partial charge in [0.05, 0.1) is 0 Å². The number of nitrogens with zero attached hydrogens (tertiary/aromatic N) is 1. The van der Waals surface area contributed by atoms with Crippen LogP contribution in [-0.4, -0.2) is 25.2 Å². The van der Waals surface area contributed by atoms with Crippen LogP contribution in [0.3, 0.4) is 0 Å². The van der Waals surface area contributed by atoms with E-state index in [1.165, 1.54) is 28.6 Å². The summed E-state index contributed by atoms with van der Waals surface area (Å²) in [6, 6.07) is 14.7. The molecular formula is C20H17FN2O3S2. The predicted molar refractivity (Wildman–Crippen MR) is 106 cm³/mol. The van der Waals surface area contributed by atoms with Crippen LogP contribution in [0.25, 0.3) is 0 Å². The molecule has 1 aliphatic heterocycles. The van der Waals surface area contributed by atoms with Crippen molar-refractivity contribution in [3.63, 3.8) is 0 Å². The molecule has 0 saturated carbocycles. The van der Waals surface area contributed by atoms with Crippen molar-refractivity contribution in [1.29, 1.82) is 0 Å². The highest BCUT2D eigenvalue weighted by Crippen LogP contribution is 2.30. The Bertz CT molecular complexity index is 1140. The summed E-state index contributed by atoms with van der Waals surface area (Å²) in [5, 5.41) is 4.14. The van der Waals surface area contributed by atoms with Crippen molar-refractivity contribution >= 4 is 33.0 Å². The summed E-state index contributed by atoms with van der Waals surface area (Å²) < 4.78 is 41.1. The van der Waals surface area contributed by atoms with Crippen LogP contribution in [0.4, 0.5) is 10.1 Å². The molecule has 5 nitrogen and oxygen atoms in total. The molecule has 1 N–H and O–H groups in total. The molecule has 0 fully saturated rings. The Morgan fingerprint density at radius 1 is 1.07 bits per heavy atom. The predicted octanol–water partition coefficient (Wildman–Crippen LogP) is 3.89. The highest BCUT2D eigenvalue weighted by molar-refractivity contribution is 7.89. The first-order valence-electron chi connectivity index (χ1n) is 8.66. The third-order valence-corrected chi connectivity index (χ3v) is 7.56. The highest BCUT2D eigenvalue weighted by Gasteiger charge is 2.32. The molecule has 1 amide bonds. The number of nitrogens with one attached hydrogen (secondary N) is 1. The van der Waals surface area contributed by atoms with Gasteiger partial charge in [0.25, 0.3) is 5.91 Å². The lowest BCUT2D eigenvalue weighted by molar-refractivity contribution is 0.102. The molecule has 1 aromatic heterocycles. The van der Waals surface area contributed by atoms with Crippen molar-refractivity contribution in [3.8, 4) is 0 Å². The molecular weight excluding hydrogens is 399 g/mol. The topological polar surface area (TPSA) is 66.5 Å². The number of fused-ring (bicyclic) bond motifs is 1. The van der Waals surface area contributed by atoms with Crippen LogP contribution < -0.4 is 5.32 Å². The van der Waals surface area contributed by atoms with Gasteiger partial charge in [-0.1, -0.05) is 30.3 Å². The van der Waals surface area contributed by atoms with Crippen molar-refractivity contribution in [1.82, 2.24) is 4.31 Å². The molecule has 8 heteroatoms. The number of benzene rings is 2. The maximum absolute atomic E-state index is 13.3. The van der Waals surface area contributed by atoms with Gasteiger partial charge < -0.3 is 5.32 Å². The fourth-order valence-electron chi connectivity index (χ4n) is 3.23. The summed E-state index contributed by atoms with van der Waals surface area (Å²) in [5.74, 6) is -1.06. The van der Waals surface area contributed by atoms with E-state index >= 15 is 0 Å². The number of hydrogen-bond donors (Lipinski definition) is 1. The number of sulfonamides is 1. The monoisotopic (exact) mass is 416 g/mol. The Labute approximate surface area is 166 Å². The molecule has 0 aliphatic carbocycles. The van der Waals surface area contributed by atoms with Gasteiger partial charge in [0.2, 0.25) is 10.0 Å². The largest absolute Gasteiger partial charge is 0.321 e. The lowest BCUT2D eigenvalue weighted by atomic mass is 10.0. The van der Waals surface area contributed by atoms with Crippen LogP contribution in [0.15, 0.2) is 64.9 Å². The molecule has 0 spiro atoms. The van der Waals surface area contributed by atoms with E-state index in [1.54, 1.807) is 11.4 Å². The Kier molecular flexibility index (Phi) is 5.01. The van der Waals surface area contributed by atoms with E-state index in [-0.39, 0.29) is 22.0 Å². The fourth-order valence-corrected chi connectivity index (χ4v) is 5.95. The Balaban J connectivity index is 1.60. The summed E-state index contributed by atoms with van der Waals surface area (Å²) >= 11 is 1.05. The van der Waals surface area contributed by atoms with E-state index in [4.69, 9.17) is 0 Å². The summed E-state index contributed by atoms with van der Waals surface area (Å²) in [7, 11) is -3.83. The second-order valence-electron chi connectivity index (χ2n) is 6.44. The zero-order valence-electron chi connectivity index (χ0n) is 14.8. The minimum atomic E-state index is -3.83. The summed E-state index contributed by atoms with van der Waals surface area (Å²) in [4.78, 5) is 12.7. The quantitative estimate of drug-likeness (QED) is 0.702. The van der Waals surface area contributed by atoms with Crippen LogP contribution in [-0.2, 0) is 23.0 Å². The first-order chi connectivity index (χ1) is 13.4. The van der Waals surface area contributed by atoms with Gasteiger partial charge in [-0.25, -0.2) is 12.8 Å². The van der Waals surface area contributed by atoms with Gasteiger partial charge in [-0.15, -0.1) is 11.3 Å². The second-order valence-corrected chi connectivity index (χ2v) is 9.26. The Morgan fingerprint density at radius 2 is 1.86 bits per heavy atom. The number of anilines is 1. The van der Waals surface area contributed by atoms with E-state index in [0.717, 1.165) is 22.5 Å². The van der Waals surface area contributed by atoms with E-state index in [1.807, 2.05) is 24.3 Å². The number of thiophene rings is 1. The van der Waals surface area contributed by atoms with E-state index < -0.39 is 21.7 Å². The fraction of sp³-hybridized carbons (Fsp3) is 0.150. The normalized spacial score (nSPS) is 14.5. The molecule has 144 valence electrons. The first kappa shape index (κ1) is 18.8. The number of amides is 1. The maximum Gasteiger partial charge on any atom is 0.267 e. The Hall–Kier alpha value is -2.55. The van der Waals surface area contributed by atoms with Crippen molar-refractivity contribution < 1.29 is 17.6 Å². The van der Waals surface area contributed by atoms with Gasteiger partial charge >= 0.3 is 0 Å². The molecule has 2 heterocycles. The van der Waals surface area contributed by atoms with Crippen LogP contribution in [0, 0.1) is 5.82 Å². The molecule has 28 heavy (non-hydrogen) atoms. The van der Waals surface area contributed by atoms with Crippen molar-refractivity contribution in [2.24, 2.45) is 0 Å². The van der Waals surface area contributed by atoms with Crippen LogP contribution >= 0.6 is 11.3 Å². The van der Waals surface area contributed by atoms with Gasteiger partial charge in [0, 0.05) is 18.8 Å². The molecule has 0 bridgehead atoms. The zero-order valence-corrected chi connectivity index (χ0v) is 16.4. The SMILES string of the molecule is O=C(Nc1cccc(F)c1)c1sccc1S(=O)(=O)N1CCc2ccccc2C1. The number of carbonyl (C=O) groups is 1. The standard InChI is InChI=1S/C20H17FN2O3S2/c21-16-6-3-7-17(12-16)22-20(24)19-18(9-11-27-19)28(25,26)23-10-8-14-4-1-2-5-15(14)13-23/h1-7,9,11-12H,8,10,13H2,(H,22,24). The van der Waals surface area contributed by atoms with Crippen LogP contribution in [0.2, 0.25) is 0 Å². The van der Waals surface area contributed by atoms with Gasteiger partial charge in [0.15, 0.2) is 0 Å². The smallest absolute Gasteiger partial charge is 0.267 e. The molecule has 3 aromatic rings. The third kappa shape index (κ3) is 3.58. The van der Waals surface area contributed by atoms with E-state index in [9.17, 15) is 17.6 Å². The molecule has 2 aromatic carbocycles. The lowest BCUT2D eigenvalue weighted by Crippen LogP contribution is -2.36. The molecule has 0 saturated heterocycles. The summed E-state index contributed by atoms with van der Waals surface area (Å²) in [5.41, 5.74) is 2.38. The second kappa shape index (κ2) is 7.46. The maximum atomic E-state index is 13.3. The van der Waals surface area contributed by atoms with Crippen LogP contribution in [0.5, 0.6) is 0 Å². The van der Waals surface area contributed by atoms with Gasteiger partial charge in [-0.05, 0) is 47.2 Å². The average Bonchev–Trinajstić information content (AvgIpc) is 3.18. The molecule has 4 rings (SSSR count). The summed E-state index contributed by atoms with van der Waals surface area (Å²) in [6.07, 6.45) is 0.629. The van der Waals surface area contributed by atoms with Crippen molar-refractivity contribution in [3.05, 3.63) is 81.8 Å². The molecule has 0 unspecified atom stereocenters. The van der Waals surface area contributed by atoms with Gasteiger partial charge in [-0.2, -0.15) is 4.31 Å². The first-order valence-corrected chi connectivity index (χ1v) is 11.0. The van der Waals surface area contributed by atoms with Gasteiger partial charge in [0.1, 0.15) is 15.6 Å². The molecule has 0 atom stereocenters. The van der Waals surface area contributed by atoms with Gasteiger partial charge in [-0.3, -0.25) is 4.79 Å². The number of rotatable bonds is 4. The van der Waals surface area contributed by atoms with Crippen LogP contribution in [0.1, 0.15) is 20.8 Å². The zero-order chi connectivity index (χ0) is 19.7. The molecule has 0 radical (unpaired) electrons. The number of hydrogen-bond acceptors (Lipinski definition) is 4. The number of carbonyl (C=O) groups excluding carboxylic acids is 1. The highest BCUT2D eigenvalue weighted by atomic mass is 32.2. The lowest BCUT2D eigenvalue weighted by Gasteiger charge is -2.28. The summed E-state index contributed by atoms with van der Waals surface area (Å²) in [6.45, 7) is 0.638. The minimum absolute atomic E-state index is 0.0224. The van der Waals surface area contributed by atoms with Crippen molar-refractivity contribution in [2.45, 2.75) is 17.9 Å². The minimum Gasteiger partial charge on any atom is -0.321 e. The Morgan fingerprint density at radius 3 is 2.64 bits per heavy atom. The van der Waals surface area contributed by atoms with E-state index in [0.29, 0.717) is 13.0 Å². The molecule has 1 aliphatic rings.